The van der Waals surface area contributed by atoms with Crippen LogP contribution in [-0.2, 0) is 6.54 Å². The molecule has 0 saturated heterocycles. The molecule has 0 amide bonds. The molecule has 1 fully saturated rings. The molecule has 13 heavy (non-hydrogen) atoms. The highest BCUT2D eigenvalue weighted by atomic mass is 79.9. The van der Waals surface area contributed by atoms with E-state index >= 15 is 0 Å². The van der Waals surface area contributed by atoms with Gasteiger partial charge >= 0.3 is 0 Å². The number of rotatable bonds is 3. The average Bonchev–Trinajstić information content (AvgIpc) is 2.81. The Morgan fingerprint density at radius 2 is 2.15 bits per heavy atom. The summed E-state index contributed by atoms with van der Waals surface area (Å²) in [5.41, 5.74) is 2.70. The molecule has 0 spiro atoms. The van der Waals surface area contributed by atoms with Gasteiger partial charge in [0.05, 0.1) is 0 Å². The predicted molar refractivity (Wildman–Crippen MR) is 58.7 cm³/mol. The van der Waals surface area contributed by atoms with E-state index in [-0.39, 0.29) is 0 Å². The van der Waals surface area contributed by atoms with Crippen LogP contribution in [0.5, 0.6) is 0 Å². The van der Waals surface area contributed by atoms with Gasteiger partial charge in [0.2, 0.25) is 0 Å². The molecule has 1 aromatic rings. The van der Waals surface area contributed by atoms with Crippen molar-refractivity contribution in [3.8, 4) is 0 Å². The van der Waals surface area contributed by atoms with Crippen molar-refractivity contribution < 1.29 is 0 Å². The second kappa shape index (κ2) is 3.81. The molecule has 0 radical (unpaired) electrons. The summed E-state index contributed by atoms with van der Waals surface area (Å²) < 4.78 is 1.18. The maximum absolute atomic E-state index is 3.51. The third kappa shape index (κ3) is 2.82. The van der Waals surface area contributed by atoms with E-state index < -0.39 is 0 Å². The van der Waals surface area contributed by atoms with Crippen LogP contribution in [0.1, 0.15) is 24.0 Å². The number of hydrogen-bond donors (Lipinski definition) is 1. The van der Waals surface area contributed by atoms with Crippen LogP contribution >= 0.6 is 15.9 Å². The molecule has 0 aliphatic heterocycles. The van der Waals surface area contributed by atoms with Crippen LogP contribution in [0.15, 0.2) is 22.7 Å². The van der Waals surface area contributed by atoms with Crippen LogP contribution in [0.4, 0.5) is 0 Å². The first-order valence-corrected chi connectivity index (χ1v) is 5.53. The van der Waals surface area contributed by atoms with Crippen LogP contribution in [0.25, 0.3) is 0 Å². The molecule has 2 rings (SSSR count). The van der Waals surface area contributed by atoms with Crippen molar-refractivity contribution in [3.05, 3.63) is 33.8 Å². The SMILES string of the molecule is Cc1cc(Br)cc(CNC2CC2)c1. The number of halogens is 1. The van der Waals surface area contributed by atoms with Gasteiger partial charge in [-0.05, 0) is 43.0 Å². The van der Waals surface area contributed by atoms with Crippen LogP contribution in [0, 0.1) is 6.92 Å². The first kappa shape index (κ1) is 9.22. The van der Waals surface area contributed by atoms with Crippen molar-refractivity contribution in [1.82, 2.24) is 5.32 Å². The first-order valence-electron chi connectivity index (χ1n) is 4.73. The highest BCUT2D eigenvalue weighted by molar-refractivity contribution is 9.10. The summed E-state index contributed by atoms with van der Waals surface area (Å²) in [5.74, 6) is 0. The Morgan fingerprint density at radius 1 is 1.38 bits per heavy atom. The van der Waals surface area contributed by atoms with Crippen molar-refractivity contribution in [2.45, 2.75) is 32.4 Å². The molecule has 0 atom stereocenters. The fourth-order valence-electron chi connectivity index (χ4n) is 1.46. The molecule has 0 aromatic heterocycles. The minimum atomic E-state index is 0.791. The zero-order valence-corrected chi connectivity index (χ0v) is 9.39. The predicted octanol–water partition coefficient (Wildman–Crippen LogP) is 3.01. The molecule has 1 aliphatic rings. The van der Waals surface area contributed by atoms with Gasteiger partial charge in [0.15, 0.2) is 0 Å². The van der Waals surface area contributed by atoms with Crippen LogP contribution in [0.2, 0.25) is 0 Å². The Hall–Kier alpha value is -0.340. The summed E-state index contributed by atoms with van der Waals surface area (Å²) in [6, 6.07) is 7.35. The second-order valence-corrected chi connectivity index (χ2v) is 4.71. The van der Waals surface area contributed by atoms with Crippen LogP contribution < -0.4 is 5.32 Å². The third-order valence-corrected chi connectivity index (χ3v) is 2.73. The smallest absolute Gasteiger partial charge is 0.0208 e. The molecule has 0 unspecified atom stereocenters. The molecule has 1 saturated carbocycles. The number of nitrogens with one attached hydrogen (secondary N) is 1. The summed E-state index contributed by atoms with van der Waals surface area (Å²) in [7, 11) is 0. The summed E-state index contributed by atoms with van der Waals surface area (Å²) in [6.45, 7) is 3.14. The molecule has 1 aliphatic carbocycles. The van der Waals surface area contributed by atoms with Gasteiger partial charge in [0.25, 0.3) is 0 Å². The van der Waals surface area contributed by atoms with Gasteiger partial charge in [0.1, 0.15) is 0 Å². The maximum atomic E-state index is 3.51. The highest BCUT2D eigenvalue weighted by Crippen LogP contribution is 2.20. The van der Waals surface area contributed by atoms with Crippen LogP contribution in [-0.4, -0.2) is 6.04 Å². The van der Waals surface area contributed by atoms with Crippen molar-refractivity contribution in [3.63, 3.8) is 0 Å². The van der Waals surface area contributed by atoms with Gasteiger partial charge in [-0.2, -0.15) is 0 Å². The van der Waals surface area contributed by atoms with Gasteiger partial charge < -0.3 is 5.32 Å². The first-order chi connectivity index (χ1) is 6.24. The van der Waals surface area contributed by atoms with Gasteiger partial charge in [-0.1, -0.05) is 22.0 Å². The largest absolute Gasteiger partial charge is 0.310 e. The lowest BCUT2D eigenvalue weighted by atomic mass is 10.1. The van der Waals surface area contributed by atoms with E-state index in [1.54, 1.807) is 0 Å². The molecule has 1 nitrogen and oxygen atoms in total. The van der Waals surface area contributed by atoms with Crippen molar-refractivity contribution in [2.24, 2.45) is 0 Å². The summed E-state index contributed by atoms with van der Waals surface area (Å²) in [5, 5.41) is 3.51. The zero-order chi connectivity index (χ0) is 9.26. The Bertz CT molecular complexity index is 285. The zero-order valence-electron chi connectivity index (χ0n) is 7.81. The van der Waals surface area contributed by atoms with Crippen molar-refractivity contribution in [1.29, 1.82) is 0 Å². The third-order valence-electron chi connectivity index (χ3n) is 2.27. The average molecular weight is 240 g/mol. The summed E-state index contributed by atoms with van der Waals surface area (Å²) in [6.07, 6.45) is 2.71. The van der Waals surface area contributed by atoms with Gasteiger partial charge in [-0.3, -0.25) is 0 Å². The fraction of sp³-hybridized carbons (Fsp3) is 0.455. The normalized spacial score (nSPS) is 16.2. The van der Waals surface area contributed by atoms with Crippen molar-refractivity contribution in [2.75, 3.05) is 0 Å². The molecule has 0 heterocycles. The second-order valence-electron chi connectivity index (χ2n) is 3.79. The van der Waals surface area contributed by atoms with Gasteiger partial charge in [0, 0.05) is 17.1 Å². The minimum Gasteiger partial charge on any atom is -0.310 e. The lowest BCUT2D eigenvalue weighted by molar-refractivity contribution is 0.687. The Labute approximate surface area is 87.7 Å². The Morgan fingerprint density at radius 3 is 2.77 bits per heavy atom. The quantitative estimate of drug-likeness (QED) is 0.856. The van der Waals surface area contributed by atoms with E-state index in [1.807, 2.05) is 0 Å². The lowest BCUT2D eigenvalue weighted by Gasteiger charge is -2.04. The summed E-state index contributed by atoms with van der Waals surface area (Å²) >= 11 is 3.51. The summed E-state index contributed by atoms with van der Waals surface area (Å²) in [4.78, 5) is 0. The molecule has 0 bridgehead atoms. The van der Waals surface area contributed by atoms with Gasteiger partial charge in [-0.15, -0.1) is 0 Å². The topological polar surface area (TPSA) is 12.0 Å². The van der Waals surface area contributed by atoms with E-state index in [0.29, 0.717) is 0 Å². The van der Waals surface area contributed by atoms with Crippen molar-refractivity contribution >= 4 is 15.9 Å². The number of hydrogen-bond acceptors (Lipinski definition) is 1. The van der Waals surface area contributed by atoms with Gasteiger partial charge in [-0.25, -0.2) is 0 Å². The standard InChI is InChI=1S/C11H14BrN/c1-8-4-9(6-10(12)5-8)7-13-11-2-3-11/h4-6,11,13H,2-3,7H2,1H3. The van der Waals surface area contributed by atoms with Crippen LogP contribution in [0.3, 0.4) is 0 Å². The minimum absolute atomic E-state index is 0.791. The van der Waals surface area contributed by atoms with E-state index in [0.717, 1.165) is 12.6 Å². The fourth-order valence-corrected chi connectivity index (χ4v) is 2.12. The van der Waals surface area contributed by atoms with E-state index in [1.165, 1.54) is 28.4 Å². The molecular weight excluding hydrogens is 226 g/mol. The van der Waals surface area contributed by atoms with E-state index in [4.69, 9.17) is 0 Å². The molecule has 1 aromatic carbocycles. The lowest BCUT2D eigenvalue weighted by Crippen LogP contribution is -2.15. The number of benzene rings is 1. The van der Waals surface area contributed by atoms with E-state index in [2.05, 4.69) is 46.4 Å². The molecule has 70 valence electrons. The highest BCUT2D eigenvalue weighted by Gasteiger charge is 2.19. The van der Waals surface area contributed by atoms with E-state index in [9.17, 15) is 0 Å². The number of aryl methyl sites for hydroxylation is 1. The monoisotopic (exact) mass is 239 g/mol. The molecule has 1 N–H and O–H groups in total. The molecule has 2 heteroatoms. The maximum Gasteiger partial charge on any atom is 0.0208 e. The molecular formula is C11H14BrN. The Kier molecular flexibility index (Phi) is 2.70. The Balaban J connectivity index is 2.01.